The number of hydrogen-bond donors (Lipinski definition) is 2. The molecule has 0 spiro atoms. The lowest BCUT2D eigenvalue weighted by Crippen LogP contribution is -2.14. The molecule has 0 unspecified atom stereocenters. The minimum atomic E-state index is -0.700. The Bertz CT molecular complexity index is 1100. The van der Waals surface area contributed by atoms with E-state index in [4.69, 9.17) is 18.6 Å². The van der Waals surface area contributed by atoms with Gasteiger partial charge < -0.3 is 23.7 Å². The van der Waals surface area contributed by atoms with Crippen LogP contribution in [0.1, 0.15) is 49.7 Å². The fraction of sp³-hybridized carbons (Fsp3) is 0.423. The molecule has 33 heavy (non-hydrogen) atoms. The van der Waals surface area contributed by atoms with Gasteiger partial charge in [-0.1, -0.05) is 37.6 Å². The van der Waals surface area contributed by atoms with Gasteiger partial charge in [-0.2, -0.15) is 0 Å². The van der Waals surface area contributed by atoms with Crippen LogP contribution in [0.2, 0.25) is 0 Å². The van der Waals surface area contributed by atoms with Crippen LogP contribution in [-0.4, -0.2) is 36.5 Å². The maximum absolute atomic E-state index is 11.3. The fourth-order valence-electron chi connectivity index (χ4n) is 4.16. The van der Waals surface area contributed by atoms with Gasteiger partial charge in [-0.15, -0.1) is 0 Å². The zero-order chi connectivity index (χ0) is 23.0. The third-order valence-corrected chi connectivity index (χ3v) is 5.84. The minimum Gasteiger partial charge on any atom is -0.493 e. The van der Waals surface area contributed by atoms with Crippen molar-refractivity contribution in [3.63, 3.8) is 0 Å². The van der Waals surface area contributed by atoms with Crippen LogP contribution in [-0.2, 0) is 11.2 Å². The van der Waals surface area contributed by atoms with Gasteiger partial charge in [-0.3, -0.25) is 4.98 Å². The molecule has 2 heterocycles. The zero-order valence-corrected chi connectivity index (χ0v) is 19.0. The second-order valence-electron chi connectivity index (χ2n) is 8.27. The van der Waals surface area contributed by atoms with Gasteiger partial charge in [0.05, 0.1) is 13.2 Å². The highest BCUT2D eigenvalue weighted by Gasteiger charge is 2.17. The van der Waals surface area contributed by atoms with E-state index in [9.17, 15) is 9.90 Å². The first-order valence-corrected chi connectivity index (χ1v) is 11.6. The summed E-state index contributed by atoms with van der Waals surface area (Å²) < 4.78 is 22.4. The summed E-state index contributed by atoms with van der Waals surface area (Å²) >= 11 is 0. The van der Waals surface area contributed by atoms with Gasteiger partial charge in [0, 0.05) is 25.2 Å². The molecule has 4 rings (SSSR count). The second kappa shape index (κ2) is 11.1. The minimum absolute atomic E-state index is 0.0986. The third-order valence-electron chi connectivity index (χ3n) is 5.84. The first-order chi connectivity index (χ1) is 16.1. The Morgan fingerprint density at radius 1 is 1.09 bits per heavy atom. The molecular formula is C26H31NO6. The van der Waals surface area contributed by atoms with Crippen molar-refractivity contribution in [2.45, 2.75) is 44.9 Å². The summed E-state index contributed by atoms with van der Waals surface area (Å²) in [7, 11) is 0. The van der Waals surface area contributed by atoms with Gasteiger partial charge in [0.1, 0.15) is 11.5 Å². The Hall–Kier alpha value is -3.19. The van der Waals surface area contributed by atoms with Crippen molar-refractivity contribution in [3.8, 4) is 28.7 Å². The summed E-state index contributed by atoms with van der Waals surface area (Å²) in [4.78, 5) is 13.5. The largest absolute Gasteiger partial charge is 0.493 e. The van der Waals surface area contributed by atoms with Crippen molar-refractivity contribution in [2.24, 2.45) is 0 Å². The van der Waals surface area contributed by atoms with Crippen molar-refractivity contribution in [3.05, 3.63) is 64.1 Å². The molecule has 176 valence electrons. The Labute approximate surface area is 193 Å². The molecule has 1 saturated heterocycles. The lowest BCUT2D eigenvalue weighted by Gasteiger charge is -2.23. The molecule has 7 heteroatoms. The summed E-state index contributed by atoms with van der Waals surface area (Å²) in [6, 6.07) is 13.7. The number of aromatic hydroxyl groups is 1. The number of hydrogen-bond acceptors (Lipinski definition) is 6. The third kappa shape index (κ3) is 5.99. The molecule has 1 aliphatic heterocycles. The van der Waals surface area contributed by atoms with Crippen LogP contribution in [0.25, 0.3) is 11.3 Å². The number of rotatable bonds is 10. The predicted octanol–water partition coefficient (Wildman–Crippen LogP) is 5.03. The van der Waals surface area contributed by atoms with E-state index in [1.807, 2.05) is 6.07 Å². The van der Waals surface area contributed by atoms with Gasteiger partial charge in [0.2, 0.25) is 5.88 Å². The van der Waals surface area contributed by atoms with Crippen LogP contribution in [0.3, 0.4) is 0 Å². The Morgan fingerprint density at radius 2 is 1.91 bits per heavy atom. The molecule has 0 amide bonds. The SMILES string of the molecule is CCCc1cc(C2CCOCC2)ccc1OCCCOc1cccc(-c2oc(=O)[nH]c2O)c1. The highest BCUT2D eigenvalue weighted by Crippen LogP contribution is 2.32. The van der Waals surface area contributed by atoms with Gasteiger partial charge in [-0.05, 0) is 54.5 Å². The van der Waals surface area contributed by atoms with E-state index in [0.29, 0.717) is 30.4 Å². The van der Waals surface area contributed by atoms with Gasteiger partial charge >= 0.3 is 5.76 Å². The fourth-order valence-corrected chi connectivity index (χ4v) is 4.16. The molecule has 3 aromatic rings. The van der Waals surface area contributed by atoms with Crippen LogP contribution < -0.4 is 15.2 Å². The first kappa shape index (κ1) is 23.0. The Balaban J connectivity index is 1.29. The molecule has 1 aliphatic rings. The predicted molar refractivity (Wildman–Crippen MR) is 125 cm³/mol. The smallest absolute Gasteiger partial charge is 0.419 e. The summed E-state index contributed by atoms with van der Waals surface area (Å²) in [5, 5.41) is 9.77. The van der Waals surface area contributed by atoms with E-state index in [0.717, 1.165) is 51.1 Å². The van der Waals surface area contributed by atoms with Crippen LogP contribution >= 0.6 is 0 Å². The van der Waals surface area contributed by atoms with E-state index >= 15 is 0 Å². The van der Waals surface area contributed by atoms with E-state index in [-0.39, 0.29) is 11.6 Å². The lowest BCUT2D eigenvalue weighted by molar-refractivity contribution is 0.0853. The second-order valence-corrected chi connectivity index (χ2v) is 8.27. The highest BCUT2D eigenvalue weighted by molar-refractivity contribution is 5.63. The molecule has 1 aromatic heterocycles. The monoisotopic (exact) mass is 453 g/mol. The van der Waals surface area contributed by atoms with Crippen molar-refractivity contribution in [2.75, 3.05) is 26.4 Å². The Kier molecular flexibility index (Phi) is 7.73. The molecular weight excluding hydrogens is 422 g/mol. The van der Waals surface area contributed by atoms with Crippen LogP contribution in [0, 0.1) is 0 Å². The number of oxazole rings is 1. The van der Waals surface area contributed by atoms with Crippen molar-refractivity contribution in [1.82, 2.24) is 4.98 Å². The van der Waals surface area contributed by atoms with Crippen LogP contribution in [0.4, 0.5) is 0 Å². The lowest BCUT2D eigenvalue weighted by atomic mass is 9.90. The Morgan fingerprint density at radius 3 is 2.67 bits per heavy atom. The number of ether oxygens (including phenoxy) is 3. The molecule has 0 saturated carbocycles. The summed E-state index contributed by atoms with van der Waals surface area (Å²) in [5.41, 5.74) is 3.22. The molecule has 2 aromatic carbocycles. The number of H-pyrrole nitrogens is 1. The molecule has 1 fully saturated rings. The van der Waals surface area contributed by atoms with E-state index < -0.39 is 5.76 Å². The number of benzene rings is 2. The van der Waals surface area contributed by atoms with Gasteiger partial charge in [0.25, 0.3) is 0 Å². The number of nitrogens with one attached hydrogen (secondary N) is 1. The topological polar surface area (TPSA) is 93.9 Å². The van der Waals surface area contributed by atoms with Crippen molar-refractivity contribution < 1.29 is 23.7 Å². The number of aromatic amines is 1. The maximum atomic E-state index is 11.3. The normalized spacial score (nSPS) is 14.3. The average Bonchev–Trinajstić information content (AvgIpc) is 3.18. The number of aryl methyl sites for hydroxylation is 1. The molecule has 0 atom stereocenters. The van der Waals surface area contributed by atoms with Gasteiger partial charge in [0.15, 0.2) is 5.76 Å². The quantitative estimate of drug-likeness (QED) is 0.418. The molecule has 2 N–H and O–H groups in total. The highest BCUT2D eigenvalue weighted by atomic mass is 16.5. The van der Waals surface area contributed by atoms with Crippen LogP contribution in [0.15, 0.2) is 51.7 Å². The summed E-state index contributed by atoms with van der Waals surface area (Å²) in [6.07, 6.45) is 4.96. The van der Waals surface area contributed by atoms with Crippen molar-refractivity contribution >= 4 is 0 Å². The van der Waals surface area contributed by atoms with E-state index in [1.54, 1.807) is 18.2 Å². The first-order valence-electron chi connectivity index (χ1n) is 11.6. The zero-order valence-electron chi connectivity index (χ0n) is 19.0. The van der Waals surface area contributed by atoms with Crippen molar-refractivity contribution in [1.29, 1.82) is 0 Å². The van der Waals surface area contributed by atoms with Crippen LogP contribution in [0.5, 0.6) is 17.4 Å². The summed E-state index contributed by atoms with van der Waals surface area (Å²) in [5.74, 6) is 1.26. The molecule has 0 radical (unpaired) electrons. The number of aromatic nitrogens is 1. The van der Waals surface area contributed by atoms with E-state index in [1.165, 1.54) is 11.1 Å². The molecule has 0 aliphatic carbocycles. The summed E-state index contributed by atoms with van der Waals surface area (Å²) in [6.45, 7) is 4.91. The molecule has 0 bridgehead atoms. The standard InChI is InChI=1S/C26H31NO6/c1-2-5-20-16-19(18-10-14-30-15-11-18)8-9-23(20)32-13-4-12-31-22-7-3-6-21(17-22)24-25(28)27-26(29)33-24/h3,6-9,16-18,28H,2,4-5,10-15H2,1H3,(H,27,29). The molecule has 7 nitrogen and oxygen atoms in total. The van der Waals surface area contributed by atoms with Gasteiger partial charge in [-0.25, -0.2) is 4.79 Å². The van der Waals surface area contributed by atoms with E-state index in [2.05, 4.69) is 30.1 Å². The maximum Gasteiger partial charge on any atom is 0.419 e. The average molecular weight is 454 g/mol.